The summed E-state index contributed by atoms with van der Waals surface area (Å²) in [7, 11) is 3.83. The summed E-state index contributed by atoms with van der Waals surface area (Å²) in [6.07, 6.45) is 4.15. The zero-order valence-electron chi connectivity index (χ0n) is 17.0. The molecule has 1 saturated heterocycles. The zero-order valence-corrected chi connectivity index (χ0v) is 17.0. The van der Waals surface area contributed by atoms with Crippen molar-refractivity contribution in [2.45, 2.75) is 25.7 Å². The predicted octanol–water partition coefficient (Wildman–Crippen LogP) is 1.94. The van der Waals surface area contributed by atoms with Gasteiger partial charge in [-0.15, -0.1) is 0 Å². The van der Waals surface area contributed by atoms with Gasteiger partial charge in [-0.3, -0.25) is 14.5 Å². The maximum absolute atomic E-state index is 12.8. The lowest BCUT2D eigenvalue weighted by Gasteiger charge is -2.26. The second-order valence-electron chi connectivity index (χ2n) is 7.81. The highest BCUT2D eigenvalue weighted by molar-refractivity contribution is 6.02. The molecule has 7 heteroatoms. The second-order valence-corrected chi connectivity index (χ2v) is 7.81. The summed E-state index contributed by atoms with van der Waals surface area (Å²) < 4.78 is 5.35. The van der Waals surface area contributed by atoms with Gasteiger partial charge in [-0.05, 0) is 31.0 Å². The molecule has 1 aromatic carbocycles. The van der Waals surface area contributed by atoms with Crippen LogP contribution in [0, 0.1) is 5.92 Å². The molecule has 7 nitrogen and oxygen atoms in total. The van der Waals surface area contributed by atoms with Crippen LogP contribution in [0.5, 0.6) is 0 Å². The van der Waals surface area contributed by atoms with Crippen molar-refractivity contribution in [3.8, 4) is 0 Å². The third-order valence-corrected chi connectivity index (χ3v) is 5.53. The van der Waals surface area contributed by atoms with Gasteiger partial charge < -0.3 is 20.3 Å². The number of ether oxygens (including phenoxy) is 1. The number of hydrogen-bond acceptors (Lipinski definition) is 5. The van der Waals surface area contributed by atoms with Gasteiger partial charge in [0.25, 0.3) is 5.91 Å². The number of nitrogens with zero attached hydrogens (tertiary/aromatic N) is 2. The largest absolute Gasteiger partial charge is 0.379 e. The Kier molecular flexibility index (Phi) is 7.28. The van der Waals surface area contributed by atoms with Crippen LogP contribution < -0.4 is 15.5 Å². The van der Waals surface area contributed by atoms with Gasteiger partial charge in [0, 0.05) is 57.6 Å². The number of amides is 2. The van der Waals surface area contributed by atoms with E-state index in [1.54, 1.807) is 6.07 Å². The van der Waals surface area contributed by atoms with Crippen molar-refractivity contribution in [2.24, 2.45) is 5.92 Å². The van der Waals surface area contributed by atoms with E-state index in [0.29, 0.717) is 17.8 Å². The Balaban J connectivity index is 1.62. The molecule has 1 saturated carbocycles. The van der Waals surface area contributed by atoms with Gasteiger partial charge in [-0.25, -0.2) is 0 Å². The molecule has 2 fully saturated rings. The van der Waals surface area contributed by atoms with Crippen LogP contribution in [-0.4, -0.2) is 70.2 Å². The molecular formula is C21H32N4O3. The maximum atomic E-state index is 12.8. The summed E-state index contributed by atoms with van der Waals surface area (Å²) in [5.74, 6) is 0.0435. The lowest BCUT2D eigenvalue weighted by molar-refractivity contribution is -0.119. The Labute approximate surface area is 167 Å². The third kappa shape index (κ3) is 5.45. The van der Waals surface area contributed by atoms with Gasteiger partial charge in [-0.2, -0.15) is 0 Å². The van der Waals surface area contributed by atoms with E-state index >= 15 is 0 Å². The lowest BCUT2D eigenvalue weighted by atomic mass is 10.1. The lowest BCUT2D eigenvalue weighted by Crippen LogP contribution is -2.41. The molecular weight excluding hydrogens is 356 g/mol. The molecule has 0 radical (unpaired) electrons. The van der Waals surface area contributed by atoms with E-state index in [9.17, 15) is 9.59 Å². The zero-order chi connectivity index (χ0) is 19.9. The topological polar surface area (TPSA) is 73.9 Å². The smallest absolute Gasteiger partial charge is 0.253 e. The van der Waals surface area contributed by atoms with Crippen molar-refractivity contribution in [3.05, 3.63) is 23.8 Å². The molecule has 2 amide bonds. The number of anilines is 2. The summed E-state index contributed by atoms with van der Waals surface area (Å²) in [4.78, 5) is 29.4. The minimum absolute atomic E-state index is 0.0637. The van der Waals surface area contributed by atoms with Crippen LogP contribution >= 0.6 is 0 Å². The average molecular weight is 389 g/mol. The number of carbonyl (C=O) groups is 2. The minimum Gasteiger partial charge on any atom is -0.379 e. The van der Waals surface area contributed by atoms with Crippen LogP contribution in [0.4, 0.5) is 11.4 Å². The second kappa shape index (κ2) is 9.89. The van der Waals surface area contributed by atoms with Gasteiger partial charge in [0.1, 0.15) is 0 Å². The number of morpholine rings is 1. The van der Waals surface area contributed by atoms with Crippen LogP contribution in [-0.2, 0) is 9.53 Å². The first-order chi connectivity index (χ1) is 13.5. The highest BCUT2D eigenvalue weighted by Crippen LogP contribution is 2.27. The molecule has 28 heavy (non-hydrogen) atoms. The van der Waals surface area contributed by atoms with E-state index in [2.05, 4.69) is 15.5 Å². The van der Waals surface area contributed by atoms with Gasteiger partial charge in [0.15, 0.2) is 0 Å². The molecule has 0 aromatic heterocycles. The molecule has 1 heterocycles. The fourth-order valence-corrected chi connectivity index (χ4v) is 3.87. The van der Waals surface area contributed by atoms with E-state index < -0.39 is 0 Å². The van der Waals surface area contributed by atoms with Gasteiger partial charge in [0.2, 0.25) is 5.91 Å². The molecule has 2 N–H and O–H groups in total. The Bertz CT molecular complexity index is 680. The molecule has 0 bridgehead atoms. The standard InChI is InChI=1S/C21H32N4O3/c1-24(2)19-8-7-17(23-20(26)16-5-3-4-6-16)15-18(19)21(27)22-9-10-25-11-13-28-14-12-25/h7-8,15-16H,3-6,9-14H2,1-2H3,(H,22,27)(H,23,26). The fraction of sp³-hybridized carbons (Fsp3) is 0.619. The molecule has 1 aliphatic carbocycles. The maximum Gasteiger partial charge on any atom is 0.253 e. The van der Waals surface area contributed by atoms with Crippen molar-refractivity contribution < 1.29 is 14.3 Å². The van der Waals surface area contributed by atoms with E-state index in [0.717, 1.165) is 64.2 Å². The van der Waals surface area contributed by atoms with Crippen LogP contribution in [0.2, 0.25) is 0 Å². The Morgan fingerprint density at radius 3 is 2.57 bits per heavy atom. The van der Waals surface area contributed by atoms with Gasteiger partial charge in [0.05, 0.1) is 18.8 Å². The van der Waals surface area contributed by atoms with Crippen LogP contribution in [0.15, 0.2) is 18.2 Å². The summed E-state index contributed by atoms with van der Waals surface area (Å²) in [5, 5.41) is 6.01. The van der Waals surface area contributed by atoms with E-state index in [4.69, 9.17) is 4.74 Å². The van der Waals surface area contributed by atoms with Crippen molar-refractivity contribution >= 4 is 23.2 Å². The quantitative estimate of drug-likeness (QED) is 0.747. The van der Waals surface area contributed by atoms with Crippen LogP contribution in [0.1, 0.15) is 36.0 Å². The predicted molar refractivity (Wildman–Crippen MR) is 111 cm³/mol. The SMILES string of the molecule is CN(C)c1ccc(NC(=O)C2CCCC2)cc1C(=O)NCCN1CCOCC1. The van der Waals surface area contributed by atoms with Gasteiger partial charge >= 0.3 is 0 Å². The van der Waals surface area contributed by atoms with Crippen LogP contribution in [0.25, 0.3) is 0 Å². The Morgan fingerprint density at radius 2 is 1.89 bits per heavy atom. The van der Waals surface area contributed by atoms with Gasteiger partial charge in [-0.1, -0.05) is 12.8 Å². The van der Waals surface area contributed by atoms with Crippen molar-refractivity contribution in [3.63, 3.8) is 0 Å². The number of rotatable bonds is 7. The highest BCUT2D eigenvalue weighted by Gasteiger charge is 2.23. The summed E-state index contributed by atoms with van der Waals surface area (Å²) in [6, 6.07) is 5.54. The highest BCUT2D eigenvalue weighted by atomic mass is 16.5. The minimum atomic E-state index is -0.117. The first-order valence-corrected chi connectivity index (χ1v) is 10.2. The third-order valence-electron chi connectivity index (χ3n) is 5.53. The molecule has 2 aliphatic rings. The molecule has 1 aliphatic heterocycles. The monoisotopic (exact) mass is 388 g/mol. The van der Waals surface area contributed by atoms with Crippen LogP contribution in [0.3, 0.4) is 0 Å². The normalized spacial score (nSPS) is 18.1. The summed E-state index contributed by atoms with van der Waals surface area (Å²) >= 11 is 0. The summed E-state index contributed by atoms with van der Waals surface area (Å²) in [5.41, 5.74) is 2.10. The van der Waals surface area contributed by atoms with E-state index in [-0.39, 0.29) is 17.7 Å². The van der Waals surface area contributed by atoms with E-state index in [1.807, 2.05) is 31.1 Å². The Hall–Kier alpha value is -2.12. The molecule has 1 aromatic rings. The first kappa shape index (κ1) is 20.6. The first-order valence-electron chi connectivity index (χ1n) is 10.2. The molecule has 3 rings (SSSR count). The number of hydrogen-bond donors (Lipinski definition) is 2. The fourth-order valence-electron chi connectivity index (χ4n) is 3.87. The van der Waals surface area contributed by atoms with Crippen molar-refractivity contribution in [1.29, 1.82) is 0 Å². The average Bonchev–Trinajstić information content (AvgIpc) is 3.23. The molecule has 0 atom stereocenters. The van der Waals surface area contributed by atoms with E-state index in [1.165, 1.54) is 0 Å². The van der Waals surface area contributed by atoms with Crippen molar-refractivity contribution in [1.82, 2.24) is 10.2 Å². The Morgan fingerprint density at radius 1 is 1.18 bits per heavy atom. The molecule has 0 unspecified atom stereocenters. The molecule has 154 valence electrons. The number of carbonyl (C=O) groups excluding carboxylic acids is 2. The number of nitrogens with one attached hydrogen (secondary N) is 2. The number of benzene rings is 1. The molecule has 0 spiro atoms. The van der Waals surface area contributed by atoms with Crippen molar-refractivity contribution in [2.75, 3.05) is 63.7 Å². The summed E-state index contributed by atoms with van der Waals surface area (Å²) in [6.45, 7) is 4.71.